The number of nitrogens with zero attached hydrogens (tertiary/aromatic N) is 2. The average molecular weight is 200 g/mol. The van der Waals surface area contributed by atoms with Crippen LogP contribution in [0.4, 0.5) is 5.82 Å². The van der Waals surface area contributed by atoms with Crippen molar-refractivity contribution < 1.29 is 0 Å². The highest BCUT2D eigenvalue weighted by atomic mass is 15.3. The Morgan fingerprint density at radius 3 is 2.47 bits per heavy atom. The number of hydrogen-bond donors (Lipinski definition) is 2. The van der Waals surface area contributed by atoms with Crippen molar-refractivity contribution in [2.45, 2.75) is 6.92 Å². The third-order valence-corrected chi connectivity index (χ3v) is 2.23. The van der Waals surface area contributed by atoms with E-state index in [2.05, 4.69) is 15.6 Å². The van der Waals surface area contributed by atoms with Gasteiger partial charge in [0.2, 0.25) is 0 Å². The highest BCUT2D eigenvalue weighted by Crippen LogP contribution is 2.20. The summed E-state index contributed by atoms with van der Waals surface area (Å²) in [6.07, 6.45) is 0. The smallest absolute Gasteiger partial charge is 0.162 e. The number of benzene rings is 1. The first-order valence-corrected chi connectivity index (χ1v) is 4.67. The van der Waals surface area contributed by atoms with Crippen LogP contribution in [0.25, 0.3) is 11.3 Å². The monoisotopic (exact) mass is 200 g/mol. The molecule has 2 rings (SSSR count). The van der Waals surface area contributed by atoms with Crippen LogP contribution in [0.5, 0.6) is 0 Å². The van der Waals surface area contributed by atoms with Gasteiger partial charge in [0.15, 0.2) is 5.82 Å². The van der Waals surface area contributed by atoms with E-state index in [1.165, 1.54) is 5.56 Å². The third kappa shape index (κ3) is 1.94. The van der Waals surface area contributed by atoms with E-state index in [-0.39, 0.29) is 0 Å². The van der Waals surface area contributed by atoms with Crippen molar-refractivity contribution in [3.8, 4) is 11.3 Å². The third-order valence-electron chi connectivity index (χ3n) is 2.23. The molecular formula is C11H12N4. The van der Waals surface area contributed by atoms with Gasteiger partial charge in [-0.05, 0) is 24.6 Å². The summed E-state index contributed by atoms with van der Waals surface area (Å²) in [5.41, 5.74) is 5.57. The van der Waals surface area contributed by atoms with Crippen LogP contribution >= 0.6 is 0 Å². The molecule has 0 spiro atoms. The molecule has 0 unspecified atom stereocenters. The number of hydrogen-bond acceptors (Lipinski definition) is 4. The van der Waals surface area contributed by atoms with E-state index in [0.29, 0.717) is 5.82 Å². The molecule has 0 saturated carbocycles. The minimum Gasteiger partial charge on any atom is -0.307 e. The first-order valence-electron chi connectivity index (χ1n) is 4.67. The summed E-state index contributed by atoms with van der Waals surface area (Å²) in [5.74, 6) is 5.78. The Labute approximate surface area is 88.1 Å². The molecule has 0 aliphatic rings. The number of nitrogens with two attached hydrogens (primary N) is 1. The molecule has 76 valence electrons. The van der Waals surface area contributed by atoms with Crippen LogP contribution in [0.2, 0.25) is 0 Å². The van der Waals surface area contributed by atoms with Crippen LogP contribution in [0.1, 0.15) is 5.56 Å². The quantitative estimate of drug-likeness (QED) is 0.572. The van der Waals surface area contributed by atoms with Crippen molar-refractivity contribution in [3.05, 3.63) is 42.0 Å². The summed E-state index contributed by atoms with van der Waals surface area (Å²) in [5, 5.41) is 8.02. The van der Waals surface area contributed by atoms with E-state index >= 15 is 0 Å². The van der Waals surface area contributed by atoms with Crippen LogP contribution in [-0.2, 0) is 0 Å². The second-order valence-corrected chi connectivity index (χ2v) is 3.26. The molecule has 0 saturated heterocycles. The fraction of sp³-hybridized carbons (Fsp3) is 0.0909. The second-order valence-electron chi connectivity index (χ2n) is 3.26. The Kier molecular flexibility index (Phi) is 2.60. The van der Waals surface area contributed by atoms with Gasteiger partial charge in [0.05, 0.1) is 5.69 Å². The van der Waals surface area contributed by atoms with Gasteiger partial charge in [-0.2, -0.15) is 0 Å². The zero-order valence-corrected chi connectivity index (χ0v) is 8.44. The molecule has 0 fully saturated rings. The van der Waals surface area contributed by atoms with Crippen molar-refractivity contribution in [1.29, 1.82) is 0 Å². The Morgan fingerprint density at radius 1 is 1.07 bits per heavy atom. The molecule has 4 nitrogen and oxygen atoms in total. The second kappa shape index (κ2) is 4.06. The van der Waals surface area contributed by atoms with E-state index in [1.807, 2.05) is 37.3 Å². The molecule has 4 heteroatoms. The number of rotatable bonds is 2. The molecular weight excluding hydrogens is 188 g/mol. The molecule has 3 N–H and O–H groups in total. The summed E-state index contributed by atoms with van der Waals surface area (Å²) in [6, 6.07) is 11.8. The number of nitrogen functional groups attached to an aromatic ring is 1. The average Bonchev–Trinajstić information content (AvgIpc) is 2.30. The fourth-order valence-corrected chi connectivity index (χ4v) is 1.41. The summed E-state index contributed by atoms with van der Waals surface area (Å²) in [6.45, 7) is 2.05. The Morgan fingerprint density at radius 2 is 1.87 bits per heavy atom. The maximum Gasteiger partial charge on any atom is 0.162 e. The lowest BCUT2D eigenvalue weighted by molar-refractivity contribution is 1.02. The van der Waals surface area contributed by atoms with Crippen LogP contribution in [0.3, 0.4) is 0 Å². The van der Waals surface area contributed by atoms with E-state index in [4.69, 9.17) is 5.84 Å². The van der Waals surface area contributed by atoms with Crippen LogP contribution < -0.4 is 11.3 Å². The number of anilines is 1. The van der Waals surface area contributed by atoms with Gasteiger partial charge in [0.25, 0.3) is 0 Å². The molecule has 0 bridgehead atoms. The van der Waals surface area contributed by atoms with Gasteiger partial charge in [0.1, 0.15) is 0 Å². The van der Waals surface area contributed by atoms with Crippen LogP contribution in [0.15, 0.2) is 36.4 Å². The topological polar surface area (TPSA) is 63.8 Å². The van der Waals surface area contributed by atoms with Gasteiger partial charge in [-0.3, -0.25) is 0 Å². The zero-order valence-electron chi connectivity index (χ0n) is 8.44. The molecule has 2 aromatic rings. The minimum absolute atomic E-state index is 0.562. The first kappa shape index (κ1) is 9.61. The molecule has 1 heterocycles. The Balaban J connectivity index is 2.42. The number of hydrazine groups is 1. The van der Waals surface area contributed by atoms with E-state index in [0.717, 1.165) is 11.3 Å². The standard InChI is InChI=1S/C11H12N4/c1-8-4-2-3-5-9(8)10-6-7-11(13-12)15-14-10/h2-7H,12H2,1H3,(H,13,15). The van der Waals surface area contributed by atoms with Crippen molar-refractivity contribution in [2.75, 3.05) is 5.43 Å². The Hall–Kier alpha value is -1.94. The lowest BCUT2D eigenvalue weighted by Gasteiger charge is -2.04. The minimum atomic E-state index is 0.562. The highest BCUT2D eigenvalue weighted by molar-refractivity contribution is 5.63. The number of nitrogens with one attached hydrogen (secondary N) is 1. The molecule has 1 aromatic carbocycles. The van der Waals surface area contributed by atoms with E-state index < -0.39 is 0 Å². The Bertz CT molecular complexity index is 450. The lowest BCUT2D eigenvalue weighted by Crippen LogP contribution is -2.09. The van der Waals surface area contributed by atoms with Gasteiger partial charge in [-0.1, -0.05) is 24.3 Å². The lowest BCUT2D eigenvalue weighted by atomic mass is 10.1. The number of aromatic nitrogens is 2. The predicted octanol–water partition coefficient (Wildman–Crippen LogP) is 1.74. The zero-order chi connectivity index (χ0) is 10.7. The maximum absolute atomic E-state index is 5.22. The predicted molar refractivity (Wildman–Crippen MR) is 60.0 cm³/mol. The van der Waals surface area contributed by atoms with Gasteiger partial charge in [-0.15, -0.1) is 10.2 Å². The molecule has 0 aliphatic carbocycles. The highest BCUT2D eigenvalue weighted by Gasteiger charge is 2.02. The SMILES string of the molecule is Cc1ccccc1-c1ccc(NN)nn1. The van der Waals surface area contributed by atoms with Crippen LogP contribution in [-0.4, -0.2) is 10.2 Å². The summed E-state index contributed by atoms with van der Waals surface area (Å²) >= 11 is 0. The van der Waals surface area contributed by atoms with Gasteiger partial charge < -0.3 is 5.43 Å². The van der Waals surface area contributed by atoms with E-state index in [1.54, 1.807) is 6.07 Å². The van der Waals surface area contributed by atoms with Gasteiger partial charge >= 0.3 is 0 Å². The van der Waals surface area contributed by atoms with Gasteiger partial charge in [0, 0.05) is 5.56 Å². The molecule has 0 amide bonds. The largest absolute Gasteiger partial charge is 0.307 e. The van der Waals surface area contributed by atoms with Crippen LogP contribution in [0, 0.1) is 6.92 Å². The fourth-order valence-electron chi connectivity index (χ4n) is 1.41. The van der Waals surface area contributed by atoms with Gasteiger partial charge in [-0.25, -0.2) is 5.84 Å². The summed E-state index contributed by atoms with van der Waals surface area (Å²) in [7, 11) is 0. The molecule has 1 aromatic heterocycles. The van der Waals surface area contributed by atoms with Crippen molar-refractivity contribution in [1.82, 2.24) is 10.2 Å². The summed E-state index contributed by atoms with van der Waals surface area (Å²) in [4.78, 5) is 0. The molecule has 0 aliphatic heterocycles. The summed E-state index contributed by atoms with van der Waals surface area (Å²) < 4.78 is 0. The first-order chi connectivity index (χ1) is 7.31. The molecule has 15 heavy (non-hydrogen) atoms. The number of aryl methyl sites for hydroxylation is 1. The normalized spacial score (nSPS) is 10.0. The van der Waals surface area contributed by atoms with Crippen molar-refractivity contribution in [3.63, 3.8) is 0 Å². The van der Waals surface area contributed by atoms with E-state index in [9.17, 15) is 0 Å². The molecule has 0 radical (unpaired) electrons. The van der Waals surface area contributed by atoms with Crippen molar-refractivity contribution >= 4 is 5.82 Å². The molecule has 0 atom stereocenters. The van der Waals surface area contributed by atoms with Crippen molar-refractivity contribution in [2.24, 2.45) is 5.84 Å². The maximum atomic E-state index is 5.22.